The average molecular weight is 358 g/mol. The Hall–Kier alpha value is -2.36. The largest absolute Gasteiger partial charge is 0.389 e. The number of hydrogen-bond acceptors (Lipinski definition) is 0. The van der Waals surface area contributed by atoms with E-state index in [4.69, 9.17) is 0 Å². The maximum atomic E-state index is 12.8. The van der Waals surface area contributed by atoms with Crippen molar-refractivity contribution >= 4 is 10.9 Å². The van der Waals surface area contributed by atoms with Crippen LogP contribution in [0.3, 0.4) is 0 Å². The van der Waals surface area contributed by atoms with Crippen LogP contribution in [0.4, 0.5) is 13.2 Å². The molecule has 3 rings (SSSR count). The van der Waals surface area contributed by atoms with Crippen LogP contribution in [-0.2, 0) is 13.5 Å². The molecule has 0 saturated carbocycles. The highest BCUT2D eigenvalue weighted by atomic mass is 19.4. The molecule has 3 aromatic rings. The molecule has 1 heterocycles. The van der Waals surface area contributed by atoms with Gasteiger partial charge in [-0.05, 0) is 56.0 Å². The smallest absolute Gasteiger partial charge is 0.194 e. The van der Waals surface area contributed by atoms with Gasteiger partial charge in [-0.25, -0.2) is 0 Å². The highest BCUT2D eigenvalue weighted by Gasteiger charge is 2.28. The average Bonchev–Trinajstić information content (AvgIpc) is 2.57. The van der Waals surface area contributed by atoms with Crippen LogP contribution in [-0.4, -0.2) is 6.18 Å². The van der Waals surface area contributed by atoms with Crippen LogP contribution < -0.4 is 4.57 Å². The zero-order chi connectivity index (χ0) is 19.1. The Morgan fingerprint density at radius 3 is 2.35 bits per heavy atom. The van der Waals surface area contributed by atoms with E-state index >= 15 is 0 Å². The van der Waals surface area contributed by atoms with Gasteiger partial charge < -0.3 is 0 Å². The third-order valence-electron chi connectivity index (χ3n) is 5.05. The van der Waals surface area contributed by atoms with Crippen LogP contribution >= 0.6 is 0 Å². The molecule has 0 aliphatic carbocycles. The molecule has 0 radical (unpaired) electrons. The number of halogens is 3. The SMILES string of the molecule is Cc1cc(C)c(C)c(-c2cc(CCC(F)(F)F)c3ccccc3[n+]2C)c1. The minimum Gasteiger partial charge on any atom is -0.194 e. The molecule has 0 spiro atoms. The Balaban J connectivity index is 2.25. The first-order valence-corrected chi connectivity index (χ1v) is 8.73. The zero-order valence-electron chi connectivity index (χ0n) is 15.5. The summed E-state index contributed by atoms with van der Waals surface area (Å²) in [5, 5.41) is 0.880. The number of aryl methyl sites for hydroxylation is 4. The number of benzene rings is 2. The molecule has 0 saturated heterocycles. The van der Waals surface area contributed by atoms with Crippen molar-refractivity contribution in [2.45, 2.75) is 39.8 Å². The Kier molecular flexibility index (Phi) is 4.78. The summed E-state index contributed by atoms with van der Waals surface area (Å²) in [6.07, 6.45) is -4.98. The molecule has 4 heteroatoms. The summed E-state index contributed by atoms with van der Waals surface area (Å²) >= 11 is 0. The van der Waals surface area contributed by atoms with Crippen LogP contribution in [0.1, 0.15) is 28.7 Å². The van der Waals surface area contributed by atoms with E-state index in [1.165, 1.54) is 5.56 Å². The van der Waals surface area contributed by atoms with Gasteiger partial charge in [0.2, 0.25) is 11.2 Å². The number of pyridine rings is 1. The van der Waals surface area contributed by atoms with Crippen molar-refractivity contribution in [3.05, 3.63) is 64.7 Å². The third-order valence-corrected chi connectivity index (χ3v) is 5.05. The van der Waals surface area contributed by atoms with Crippen molar-refractivity contribution in [2.24, 2.45) is 7.05 Å². The molecule has 0 unspecified atom stereocenters. The van der Waals surface area contributed by atoms with Crippen LogP contribution in [0.5, 0.6) is 0 Å². The van der Waals surface area contributed by atoms with Crippen molar-refractivity contribution < 1.29 is 17.7 Å². The lowest BCUT2D eigenvalue weighted by molar-refractivity contribution is -0.633. The number of hydrogen-bond donors (Lipinski definition) is 0. The van der Waals surface area contributed by atoms with Gasteiger partial charge in [-0.3, -0.25) is 0 Å². The fraction of sp³-hybridized carbons (Fsp3) is 0.318. The summed E-state index contributed by atoms with van der Waals surface area (Å²) in [5.74, 6) is 0. The molecule has 0 bridgehead atoms. The zero-order valence-corrected chi connectivity index (χ0v) is 15.5. The number of nitrogens with zero attached hydrogens (tertiary/aromatic N) is 1. The fourth-order valence-corrected chi connectivity index (χ4v) is 3.55. The first kappa shape index (κ1) is 18.4. The van der Waals surface area contributed by atoms with Crippen molar-refractivity contribution in [1.29, 1.82) is 0 Å². The van der Waals surface area contributed by atoms with Crippen LogP contribution in [0.25, 0.3) is 22.2 Å². The van der Waals surface area contributed by atoms with Crippen LogP contribution in [0.15, 0.2) is 42.5 Å². The number of alkyl halides is 3. The van der Waals surface area contributed by atoms with Gasteiger partial charge in [0.1, 0.15) is 7.05 Å². The lowest BCUT2D eigenvalue weighted by Gasteiger charge is -2.13. The van der Waals surface area contributed by atoms with Gasteiger partial charge in [0, 0.05) is 29.5 Å². The van der Waals surface area contributed by atoms with Gasteiger partial charge in [-0.2, -0.15) is 17.7 Å². The summed E-state index contributed by atoms with van der Waals surface area (Å²) in [4.78, 5) is 0. The van der Waals surface area contributed by atoms with Crippen molar-refractivity contribution in [3.8, 4) is 11.3 Å². The minimum atomic E-state index is -4.16. The third kappa shape index (κ3) is 3.59. The predicted molar refractivity (Wildman–Crippen MR) is 99.1 cm³/mol. The number of para-hydroxylation sites is 1. The molecule has 2 aromatic carbocycles. The lowest BCUT2D eigenvalue weighted by atomic mass is 9.94. The molecule has 26 heavy (non-hydrogen) atoms. The number of fused-ring (bicyclic) bond motifs is 1. The summed E-state index contributed by atoms with van der Waals surface area (Å²) in [6, 6.07) is 13.8. The quantitative estimate of drug-likeness (QED) is 0.525. The van der Waals surface area contributed by atoms with E-state index in [1.54, 1.807) is 0 Å². The van der Waals surface area contributed by atoms with Gasteiger partial charge in [-0.15, -0.1) is 0 Å². The standard InChI is InChI=1S/C22H23F3N/c1-14-11-15(2)16(3)19(12-14)21-13-17(9-10-22(23,24)25)18-7-5-6-8-20(18)26(21)4/h5-8,11-13H,9-10H2,1-4H3/q+1. The molecule has 0 atom stereocenters. The molecule has 0 aliphatic rings. The summed E-state index contributed by atoms with van der Waals surface area (Å²) < 4.78 is 40.5. The topological polar surface area (TPSA) is 3.88 Å². The molecule has 0 aliphatic heterocycles. The van der Waals surface area contributed by atoms with E-state index in [9.17, 15) is 13.2 Å². The first-order valence-electron chi connectivity index (χ1n) is 8.73. The van der Waals surface area contributed by atoms with E-state index < -0.39 is 12.6 Å². The van der Waals surface area contributed by atoms with E-state index in [-0.39, 0.29) is 6.42 Å². The summed E-state index contributed by atoms with van der Waals surface area (Å²) in [6.45, 7) is 6.17. The predicted octanol–water partition coefficient (Wildman–Crippen LogP) is 5.75. The van der Waals surface area contributed by atoms with Crippen molar-refractivity contribution in [1.82, 2.24) is 0 Å². The molecule has 0 fully saturated rings. The van der Waals surface area contributed by atoms with Crippen LogP contribution in [0, 0.1) is 20.8 Å². The van der Waals surface area contributed by atoms with Gasteiger partial charge in [0.15, 0.2) is 0 Å². The molecule has 136 valence electrons. The molecule has 1 nitrogen and oxygen atoms in total. The van der Waals surface area contributed by atoms with Crippen LogP contribution in [0.2, 0.25) is 0 Å². The Labute approximate surface area is 152 Å². The van der Waals surface area contributed by atoms with Gasteiger partial charge in [0.25, 0.3) is 0 Å². The monoisotopic (exact) mass is 358 g/mol. The molecular weight excluding hydrogens is 335 g/mol. The minimum absolute atomic E-state index is 0.0122. The fourth-order valence-electron chi connectivity index (χ4n) is 3.55. The molecule has 0 N–H and O–H groups in total. The van der Waals surface area contributed by atoms with E-state index in [0.717, 1.165) is 38.9 Å². The second-order valence-corrected chi connectivity index (χ2v) is 7.00. The summed E-state index contributed by atoms with van der Waals surface area (Å²) in [7, 11) is 1.97. The van der Waals surface area contributed by atoms with Gasteiger partial charge in [-0.1, -0.05) is 23.8 Å². The Morgan fingerprint density at radius 1 is 0.962 bits per heavy atom. The second kappa shape index (κ2) is 6.75. The normalized spacial score (nSPS) is 12.0. The van der Waals surface area contributed by atoms with E-state index in [0.29, 0.717) is 0 Å². The first-order chi connectivity index (χ1) is 12.2. The highest BCUT2D eigenvalue weighted by Crippen LogP contribution is 2.30. The Bertz CT molecular complexity index is 971. The summed E-state index contributed by atoms with van der Waals surface area (Å²) in [5.41, 5.74) is 7.20. The molecule has 1 aromatic heterocycles. The highest BCUT2D eigenvalue weighted by molar-refractivity contribution is 5.82. The Morgan fingerprint density at radius 2 is 1.65 bits per heavy atom. The lowest BCUT2D eigenvalue weighted by Crippen LogP contribution is -2.33. The van der Waals surface area contributed by atoms with E-state index in [2.05, 4.69) is 30.5 Å². The number of aromatic nitrogens is 1. The van der Waals surface area contributed by atoms with Gasteiger partial charge >= 0.3 is 6.18 Å². The maximum Gasteiger partial charge on any atom is 0.389 e. The van der Waals surface area contributed by atoms with Crippen molar-refractivity contribution in [2.75, 3.05) is 0 Å². The second-order valence-electron chi connectivity index (χ2n) is 7.00. The molecular formula is C22H23F3N+. The van der Waals surface area contributed by atoms with Gasteiger partial charge in [0.05, 0.1) is 0 Å². The van der Waals surface area contributed by atoms with E-state index in [1.807, 2.05) is 44.3 Å². The maximum absolute atomic E-state index is 12.8. The molecule has 0 amide bonds. The van der Waals surface area contributed by atoms with Crippen molar-refractivity contribution in [3.63, 3.8) is 0 Å². The number of rotatable bonds is 3.